The molecule has 1 heterocycles. The van der Waals surface area contributed by atoms with Crippen molar-refractivity contribution in [3.05, 3.63) is 119 Å². The van der Waals surface area contributed by atoms with E-state index < -0.39 is 5.91 Å². The maximum Gasteiger partial charge on any atom is 0.265 e. The van der Waals surface area contributed by atoms with E-state index >= 15 is 0 Å². The van der Waals surface area contributed by atoms with E-state index in [4.69, 9.17) is 0 Å². The SMILES string of the molecule is O=C(Nc1ccc(N(Cc2ccccc2)C(=O)c2ccc(O)cc2O)cc1)c1cc2ccccc2s1. The van der Waals surface area contributed by atoms with E-state index in [0.29, 0.717) is 16.3 Å². The van der Waals surface area contributed by atoms with Crippen LogP contribution in [0, 0.1) is 0 Å². The van der Waals surface area contributed by atoms with Gasteiger partial charge in [-0.3, -0.25) is 9.59 Å². The minimum atomic E-state index is -0.418. The number of aromatic hydroxyl groups is 2. The van der Waals surface area contributed by atoms with Crippen LogP contribution in [0.15, 0.2) is 103 Å². The maximum absolute atomic E-state index is 13.4. The van der Waals surface area contributed by atoms with Crippen molar-refractivity contribution in [2.75, 3.05) is 10.2 Å². The minimum absolute atomic E-state index is 0.0749. The Bertz CT molecular complexity index is 1510. The van der Waals surface area contributed by atoms with E-state index in [0.717, 1.165) is 21.7 Å². The van der Waals surface area contributed by atoms with Crippen LogP contribution in [0.4, 0.5) is 11.4 Å². The molecule has 5 rings (SSSR count). The van der Waals surface area contributed by atoms with Crippen molar-refractivity contribution in [1.82, 2.24) is 0 Å². The molecule has 36 heavy (non-hydrogen) atoms. The predicted molar refractivity (Wildman–Crippen MR) is 143 cm³/mol. The smallest absolute Gasteiger partial charge is 0.265 e. The van der Waals surface area contributed by atoms with Crippen molar-refractivity contribution in [1.29, 1.82) is 0 Å². The lowest BCUT2D eigenvalue weighted by Crippen LogP contribution is -2.30. The van der Waals surface area contributed by atoms with Gasteiger partial charge in [0.05, 0.1) is 17.0 Å². The van der Waals surface area contributed by atoms with Gasteiger partial charge in [0, 0.05) is 22.1 Å². The molecule has 0 aliphatic carbocycles. The van der Waals surface area contributed by atoms with E-state index in [2.05, 4.69) is 5.32 Å². The zero-order valence-corrected chi connectivity index (χ0v) is 19.9. The van der Waals surface area contributed by atoms with Crippen LogP contribution in [-0.2, 0) is 6.54 Å². The van der Waals surface area contributed by atoms with Gasteiger partial charge in [-0.15, -0.1) is 11.3 Å². The molecule has 178 valence electrons. The number of carbonyl (C=O) groups is 2. The van der Waals surface area contributed by atoms with Gasteiger partial charge in [0.2, 0.25) is 0 Å². The van der Waals surface area contributed by atoms with E-state index in [1.165, 1.54) is 23.5 Å². The fourth-order valence-corrected chi connectivity index (χ4v) is 4.86. The number of phenols is 2. The number of amides is 2. The van der Waals surface area contributed by atoms with Gasteiger partial charge in [-0.05, 0) is 59.5 Å². The standard InChI is InChI=1S/C29H22N2O4S/c32-23-14-15-24(25(33)17-23)29(35)31(18-19-6-2-1-3-7-19)22-12-10-21(11-13-22)30-28(34)27-16-20-8-4-5-9-26(20)36-27/h1-17,32-33H,18H2,(H,30,34). The number of hydrogen-bond acceptors (Lipinski definition) is 5. The lowest BCUT2D eigenvalue weighted by atomic mass is 10.1. The molecule has 0 atom stereocenters. The molecule has 2 amide bonds. The summed E-state index contributed by atoms with van der Waals surface area (Å²) in [6.07, 6.45) is 0. The molecule has 5 aromatic rings. The molecule has 0 saturated carbocycles. The Morgan fingerprint density at radius 2 is 1.53 bits per heavy atom. The number of rotatable bonds is 6. The molecule has 0 saturated heterocycles. The predicted octanol–water partition coefficient (Wildman–Crippen LogP) is 6.41. The number of hydrogen-bond donors (Lipinski definition) is 3. The van der Waals surface area contributed by atoms with Crippen LogP contribution in [0.25, 0.3) is 10.1 Å². The first-order valence-corrected chi connectivity index (χ1v) is 12.1. The number of nitrogens with one attached hydrogen (secondary N) is 1. The average molecular weight is 495 g/mol. The molecule has 0 aliphatic heterocycles. The molecule has 0 bridgehead atoms. The second-order valence-corrected chi connectivity index (χ2v) is 9.31. The van der Waals surface area contributed by atoms with Crippen molar-refractivity contribution >= 4 is 44.6 Å². The highest BCUT2D eigenvalue weighted by Crippen LogP contribution is 2.29. The molecule has 0 unspecified atom stereocenters. The molecule has 3 N–H and O–H groups in total. The van der Waals surface area contributed by atoms with Gasteiger partial charge in [-0.25, -0.2) is 0 Å². The van der Waals surface area contributed by atoms with E-state index in [1.807, 2.05) is 60.7 Å². The highest BCUT2D eigenvalue weighted by molar-refractivity contribution is 7.20. The Kier molecular flexibility index (Phi) is 6.38. The first kappa shape index (κ1) is 23.1. The summed E-state index contributed by atoms with van der Waals surface area (Å²) in [7, 11) is 0. The number of phenolic OH excluding ortho intramolecular Hbond substituents is 2. The summed E-state index contributed by atoms with van der Waals surface area (Å²) in [5, 5.41) is 23.8. The molecule has 0 spiro atoms. The topological polar surface area (TPSA) is 89.9 Å². The first-order valence-electron chi connectivity index (χ1n) is 11.3. The van der Waals surface area contributed by atoms with Gasteiger partial charge in [-0.2, -0.15) is 0 Å². The summed E-state index contributed by atoms with van der Waals surface area (Å²) in [6.45, 7) is 0.271. The highest BCUT2D eigenvalue weighted by atomic mass is 32.1. The van der Waals surface area contributed by atoms with Gasteiger partial charge >= 0.3 is 0 Å². The summed E-state index contributed by atoms with van der Waals surface area (Å²) in [5.41, 5.74) is 2.18. The Morgan fingerprint density at radius 3 is 2.25 bits per heavy atom. The second-order valence-electron chi connectivity index (χ2n) is 8.23. The Morgan fingerprint density at radius 1 is 0.806 bits per heavy atom. The third-order valence-electron chi connectivity index (χ3n) is 5.73. The van der Waals surface area contributed by atoms with Gasteiger partial charge in [0.25, 0.3) is 11.8 Å². The van der Waals surface area contributed by atoms with Crippen LogP contribution < -0.4 is 10.2 Å². The number of nitrogens with zero attached hydrogens (tertiary/aromatic N) is 1. The van der Waals surface area contributed by atoms with Crippen LogP contribution in [-0.4, -0.2) is 22.0 Å². The number of fused-ring (bicyclic) bond motifs is 1. The highest BCUT2D eigenvalue weighted by Gasteiger charge is 2.22. The van der Waals surface area contributed by atoms with Crippen LogP contribution in [0.3, 0.4) is 0 Å². The largest absolute Gasteiger partial charge is 0.508 e. The molecular formula is C29H22N2O4S. The van der Waals surface area contributed by atoms with Crippen molar-refractivity contribution in [3.8, 4) is 11.5 Å². The minimum Gasteiger partial charge on any atom is -0.508 e. The maximum atomic E-state index is 13.4. The van der Waals surface area contributed by atoms with Gasteiger partial charge < -0.3 is 20.4 Å². The third kappa shape index (κ3) is 4.92. The van der Waals surface area contributed by atoms with E-state index in [1.54, 1.807) is 29.2 Å². The van der Waals surface area contributed by atoms with Gasteiger partial charge in [-0.1, -0.05) is 48.5 Å². The van der Waals surface area contributed by atoms with Gasteiger partial charge in [0.1, 0.15) is 11.5 Å². The molecule has 7 heteroatoms. The van der Waals surface area contributed by atoms with Crippen molar-refractivity contribution in [2.24, 2.45) is 0 Å². The Balaban J connectivity index is 1.40. The molecule has 0 radical (unpaired) electrons. The van der Waals surface area contributed by atoms with Crippen molar-refractivity contribution in [2.45, 2.75) is 6.54 Å². The van der Waals surface area contributed by atoms with Crippen LogP contribution in [0.2, 0.25) is 0 Å². The van der Waals surface area contributed by atoms with Crippen molar-refractivity contribution in [3.63, 3.8) is 0 Å². The zero-order valence-electron chi connectivity index (χ0n) is 19.1. The van der Waals surface area contributed by atoms with E-state index in [-0.39, 0.29) is 29.5 Å². The molecule has 1 aromatic heterocycles. The summed E-state index contributed by atoms with van der Waals surface area (Å²) in [6, 6.07) is 30.1. The molecular weight excluding hydrogens is 472 g/mol. The van der Waals surface area contributed by atoms with E-state index in [9.17, 15) is 19.8 Å². The first-order chi connectivity index (χ1) is 17.5. The summed E-state index contributed by atoms with van der Waals surface area (Å²) < 4.78 is 1.05. The Hall–Kier alpha value is -4.62. The summed E-state index contributed by atoms with van der Waals surface area (Å²) in [4.78, 5) is 28.4. The average Bonchev–Trinajstić information content (AvgIpc) is 3.33. The second kappa shape index (κ2) is 9.93. The number of thiophene rings is 1. The molecule has 0 fully saturated rings. The lowest BCUT2D eigenvalue weighted by molar-refractivity contribution is 0.0981. The molecule has 0 aliphatic rings. The fraction of sp³-hybridized carbons (Fsp3) is 0.0345. The Labute approximate surface area is 211 Å². The summed E-state index contributed by atoms with van der Waals surface area (Å²) >= 11 is 1.43. The van der Waals surface area contributed by atoms with Crippen molar-refractivity contribution < 1.29 is 19.8 Å². The van der Waals surface area contributed by atoms with Crippen LogP contribution >= 0.6 is 11.3 Å². The monoisotopic (exact) mass is 494 g/mol. The summed E-state index contributed by atoms with van der Waals surface area (Å²) in [5.74, 6) is -1.05. The number of anilines is 2. The molecule has 6 nitrogen and oxygen atoms in total. The normalized spacial score (nSPS) is 10.8. The number of carbonyl (C=O) groups excluding carboxylic acids is 2. The quantitative estimate of drug-likeness (QED) is 0.254. The molecule has 4 aromatic carbocycles. The third-order valence-corrected chi connectivity index (χ3v) is 6.84. The fourth-order valence-electron chi connectivity index (χ4n) is 3.90. The van der Waals surface area contributed by atoms with Crippen LogP contribution in [0.5, 0.6) is 11.5 Å². The number of benzene rings is 4. The lowest BCUT2D eigenvalue weighted by Gasteiger charge is -2.24. The van der Waals surface area contributed by atoms with Crippen LogP contribution in [0.1, 0.15) is 25.6 Å². The zero-order chi connectivity index (χ0) is 25.1. The van der Waals surface area contributed by atoms with Gasteiger partial charge in [0.15, 0.2) is 0 Å².